The van der Waals surface area contributed by atoms with Gasteiger partial charge in [-0.2, -0.15) is 0 Å². The molecule has 0 heterocycles. The zero-order valence-electron chi connectivity index (χ0n) is 11.3. The van der Waals surface area contributed by atoms with E-state index in [1.807, 2.05) is 0 Å². The molecule has 0 fully saturated rings. The molecule has 1 N–H and O–H groups in total. The zero-order chi connectivity index (χ0) is 14.0. The zero-order valence-corrected chi connectivity index (χ0v) is 11.3. The van der Waals surface area contributed by atoms with Gasteiger partial charge in [0.05, 0.1) is 7.11 Å². The first-order valence-corrected chi connectivity index (χ1v) is 6.08. The van der Waals surface area contributed by atoms with E-state index in [4.69, 9.17) is 4.74 Å². The molecule has 2 nitrogen and oxygen atoms in total. The molecular formula is C16H17FO2. The first kappa shape index (κ1) is 13.6. The van der Waals surface area contributed by atoms with E-state index < -0.39 is 5.60 Å². The molecule has 100 valence electrons. The summed E-state index contributed by atoms with van der Waals surface area (Å²) in [5, 5.41) is 10.6. The number of ether oxygens (including phenoxy) is 1. The Morgan fingerprint density at radius 1 is 1.05 bits per heavy atom. The standard InChI is InChI=1S/C16H17FO2/c1-11-4-5-13(10-15(11)17)16(2,18)12-6-8-14(19-3)9-7-12/h4-10,18H,1-3H3. The summed E-state index contributed by atoms with van der Waals surface area (Å²) in [7, 11) is 1.59. The van der Waals surface area contributed by atoms with Crippen molar-refractivity contribution < 1.29 is 14.2 Å². The Labute approximate surface area is 112 Å². The van der Waals surface area contributed by atoms with Crippen molar-refractivity contribution in [2.75, 3.05) is 7.11 Å². The third-order valence-corrected chi connectivity index (χ3v) is 3.39. The second-order valence-corrected chi connectivity index (χ2v) is 4.76. The lowest BCUT2D eigenvalue weighted by atomic mass is 9.88. The Kier molecular flexibility index (Phi) is 3.58. The van der Waals surface area contributed by atoms with Crippen LogP contribution < -0.4 is 4.74 Å². The summed E-state index contributed by atoms with van der Waals surface area (Å²) in [5.41, 5.74) is 0.549. The molecule has 0 aliphatic heterocycles. The fourth-order valence-corrected chi connectivity index (χ4v) is 1.98. The average Bonchev–Trinajstić information content (AvgIpc) is 2.41. The molecule has 0 saturated carbocycles. The van der Waals surface area contributed by atoms with Crippen LogP contribution in [0, 0.1) is 12.7 Å². The highest BCUT2D eigenvalue weighted by atomic mass is 19.1. The van der Waals surface area contributed by atoms with E-state index in [1.54, 1.807) is 57.4 Å². The SMILES string of the molecule is COc1ccc(C(C)(O)c2ccc(C)c(F)c2)cc1. The van der Waals surface area contributed by atoms with Crippen molar-refractivity contribution in [3.63, 3.8) is 0 Å². The second kappa shape index (κ2) is 5.02. The lowest BCUT2D eigenvalue weighted by molar-refractivity contribution is 0.102. The van der Waals surface area contributed by atoms with Crippen molar-refractivity contribution in [2.45, 2.75) is 19.4 Å². The van der Waals surface area contributed by atoms with Crippen LogP contribution in [0.2, 0.25) is 0 Å². The Bertz CT molecular complexity index is 574. The van der Waals surface area contributed by atoms with E-state index in [2.05, 4.69) is 0 Å². The minimum absolute atomic E-state index is 0.314. The van der Waals surface area contributed by atoms with Gasteiger partial charge >= 0.3 is 0 Å². The van der Waals surface area contributed by atoms with Gasteiger partial charge in [0, 0.05) is 0 Å². The van der Waals surface area contributed by atoms with E-state index in [0.29, 0.717) is 16.7 Å². The molecule has 0 spiro atoms. The fraction of sp³-hybridized carbons (Fsp3) is 0.250. The normalized spacial score (nSPS) is 13.9. The molecule has 19 heavy (non-hydrogen) atoms. The summed E-state index contributed by atoms with van der Waals surface area (Å²) in [6, 6.07) is 11.9. The number of benzene rings is 2. The number of aryl methyl sites for hydroxylation is 1. The molecule has 3 heteroatoms. The predicted octanol–water partition coefficient (Wildman–Crippen LogP) is 3.40. The van der Waals surface area contributed by atoms with Crippen LogP contribution in [0.1, 0.15) is 23.6 Å². The average molecular weight is 260 g/mol. The Morgan fingerprint density at radius 3 is 2.16 bits per heavy atom. The summed E-state index contributed by atoms with van der Waals surface area (Å²) >= 11 is 0. The molecule has 0 bridgehead atoms. The number of rotatable bonds is 3. The van der Waals surface area contributed by atoms with Crippen LogP contribution in [0.4, 0.5) is 4.39 Å². The molecule has 0 aliphatic carbocycles. The van der Waals surface area contributed by atoms with Gasteiger partial charge in [-0.1, -0.05) is 24.3 Å². The first-order valence-electron chi connectivity index (χ1n) is 6.08. The maximum atomic E-state index is 13.6. The maximum Gasteiger partial charge on any atom is 0.126 e. The van der Waals surface area contributed by atoms with Gasteiger partial charge in [0.25, 0.3) is 0 Å². The largest absolute Gasteiger partial charge is 0.497 e. The van der Waals surface area contributed by atoms with Gasteiger partial charge in [0.15, 0.2) is 0 Å². The molecular weight excluding hydrogens is 243 g/mol. The van der Waals surface area contributed by atoms with Gasteiger partial charge in [-0.25, -0.2) is 4.39 Å². The van der Waals surface area contributed by atoms with Crippen LogP contribution in [0.3, 0.4) is 0 Å². The number of methoxy groups -OCH3 is 1. The smallest absolute Gasteiger partial charge is 0.126 e. The lowest BCUT2D eigenvalue weighted by Crippen LogP contribution is -2.23. The van der Waals surface area contributed by atoms with Crippen LogP contribution in [-0.2, 0) is 5.60 Å². The van der Waals surface area contributed by atoms with Gasteiger partial charge < -0.3 is 9.84 Å². The van der Waals surface area contributed by atoms with Crippen molar-refractivity contribution in [1.29, 1.82) is 0 Å². The highest BCUT2D eigenvalue weighted by Crippen LogP contribution is 2.31. The molecule has 0 saturated heterocycles. The van der Waals surface area contributed by atoms with E-state index in [0.717, 1.165) is 5.75 Å². The topological polar surface area (TPSA) is 29.5 Å². The predicted molar refractivity (Wildman–Crippen MR) is 72.8 cm³/mol. The molecule has 0 aliphatic rings. The molecule has 2 rings (SSSR count). The lowest BCUT2D eigenvalue weighted by Gasteiger charge is -2.25. The van der Waals surface area contributed by atoms with Gasteiger partial charge in [-0.15, -0.1) is 0 Å². The summed E-state index contributed by atoms with van der Waals surface area (Å²) in [4.78, 5) is 0. The Morgan fingerprint density at radius 2 is 1.63 bits per heavy atom. The van der Waals surface area contributed by atoms with Crippen molar-refractivity contribution in [3.8, 4) is 5.75 Å². The quantitative estimate of drug-likeness (QED) is 0.916. The number of aliphatic hydroxyl groups is 1. The van der Waals surface area contributed by atoms with E-state index in [9.17, 15) is 9.50 Å². The van der Waals surface area contributed by atoms with E-state index >= 15 is 0 Å². The van der Waals surface area contributed by atoms with Crippen molar-refractivity contribution >= 4 is 0 Å². The van der Waals surface area contributed by atoms with Crippen molar-refractivity contribution in [2.24, 2.45) is 0 Å². The van der Waals surface area contributed by atoms with Gasteiger partial charge in [0.1, 0.15) is 17.2 Å². The van der Waals surface area contributed by atoms with Crippen LogP contribution in [0.15, 0.2) is 42.5 Å². The molecule has 0 aromatic heterocycles. The third kappa shape index (κ3) is 2.61. The molecule has 0 radical (unpaired) electrons. The molecule has 1 atom stereocenters. The van der Waals surface area contributed by atoms with Crippen LogP contribution in [0.5, 0.6) is 5.75 Å². The molecule has 1 unspecified atom stereocenters. The minimum Gasteiger partial charge on any atom is -0.497 e. The number of hydrogen-bond donors (Lipinski definition) is 1. The molecule has 2 aromatic rings. The van der Waals surface area contributed by atoms with E-state index in [1.165, 1.54) is 6.07 Å². The van der Waals surface area contributed by atoms with Crippen molar-refractivity contribution in [3.05, 3.63) is 65.0 Å². The maximum absolute atomic E-state index is 13.6. The number of halogens is 1. The highest BCUT2D eigenvalue weighted by molar-refractivity contribution is 5.39. The minimum atomic E-state index is -1.24. The number of hydrogen-bond acceptors (Lipinski definition) is 2. The van der Waals surface area contributed by atoms with Crippen LogP contribution in [-0.4, -0.2) is 12.2 Å². The van der Waals surface area contributed by atoms with Crippen LogP contribution >= 0.6 is 0 Å². The second-order valence-electron chi connectivity index (χ2n) is 4.76. The molecule has 0 amide bonds. The van der Waals surface area contributed by atoms with Crippen molar-refractivity contribution in [1.82, 2.24) is 0 Å². The summed E-state index contributed by atoms with van der Waals surface area (Å²) in [6.07, 6.45) is 0. The molecule has 2 aromatic carbocycles. The van der Waals surface area contributed by atoms with Gasteiger partial charge in [0.2, 0.25) is 0 Å². The third-order valence-electron chi connectivity index (χ3n) is 3.39. The van der Waals surface area contributed by atoms with Gasteiger partial charge in [-0.3, -0.25) is 0 Å². The Hall–Kier alpha value is -1.87. The van der Waals surface area contributed by atoms with Gasteiger partial charge in [-0.05, 0) is 48.7 Å². The summed E-state index contributed by atoms with van der Waals surface area (Å²) in [5.74, 6) is 0.404. The summed E-state index contributed by atoms with van der Waals surface area (Å²) in [6.45, 7) is 3.35. The highest BCUT2D eigenvalue weighted by Gasteiger charge is 2.26. The first-order chi connectivity index (χ1) is 8.95. The monoisotopic (exact) mass is 260 g/mol. The fourth-order valence-electron chi connectivity index (χ4n) is 1.98. The Balaban J connectivity index is 2.41. The van der Waals surface area contributed by atoms with Crippen LogP contribution in [0.25, 0.3) is 0 Å². The summed E-state index contributed by atoms with van der Waals surface area (Å²) < 4.78 is 18.7. The van der Waals surface area contributed by atoms with E-state index in [-0.39, 0.29) is 5.82 Å².